The number of anilines is 1. The lowest BCUT2D eigenvalue weighted by atomic mass is 9.95. The normalized spacial score (nSPS) is 23.7. The Morgan fingerprint density at radius 1 is 0.951 bits per heavy atom. The van der Waals surface area contributed by atoms with E-state index in [1.54, 1.807) is 0 Å². The van der Waals surface area contributed by atoms with Gasteiger partial charge in [0.05, 0.1) is 16.6 Å². The number of halogens is 4. The Balaban J connectivity index is 1.27. The molecular weight excluding hydrogens is 536 g/mol. The lowest BCUT2D eigenvalue weighted by Gasteiger charge is -2.34. The van der Waals surface area contributed by atoms with Crippen LogP contribution < -0.4 is 15.0 Å². The van der Waals surface area contributed by atoms with Gasteiger partial charge in [-0.05, 0) is 69.8 Å². The summed E-state index contributed by atoms with van der Waals surface area (Å²) in [6, 6.07) is 3.71. The second kappa shape index (κ2) is 9.29. The van der Waals surface area contributed by atoms with Crippen LogP contribution in [-0.2, 0) is 0 Å². The molecule has 0 spiro atoms. The van der Waals surface area contributed by atoms with Crippen LogP contribution in [-0.4, -0.2) is 70.3 Å². The van der Waals surface area contributed by atoms with Crippen molar-refractivity contribution in [3.8, 4) is 17.1 Å². The molecule has 11 heteroatoms. The van der Waals surface area contributed by atoms with Gasteiger partial charge in [-0.3, -0.25) is 4.90 Å². The number of nitrogens with one attached hydrogen (secondary N) is 2. The third-order valence-electron chi connectivity index (χ3n) is 9.64. The van der Waals surface area contributed by atoms with E-state index in [9.17, 15) is 8.78 Å². The van der Waals surface area contributed by atoms with Crippen LogP contribution in [0.25, 0.3) is 32.9 Å². The number of piperazine rings is 1. The monoisotopic (exact) mass is 566 g/mol. The molecule has 0 amide bonds. The van der Waals surface area contributed by atoms with E-state index in [-0.39, 0.29) is 51.0 Å². The number of nitrogens with zero attached hydrogens (tertiary/aromatic N) is 4. The summed E-state index contributed by atoms with van der Waals surface area (Å²) in [7, 11) is 0. The summed E-state index contributed by atoms with van der Waals surface area (Å²) >= 11 is 0. The van der Waals surface area contributed by atoms with E-state index in [4.69, 9.17) is 9.72 Å². The minimum Gasteiger partial charge on any atom is -0.461 e. The molecule has 8 rings (SSSR count). The molecule has 7 nitrogen and oxygen atoms in total. The van der Waals surface area contributed by atoms with E-state index < -0.39 is 28.8 Å². The number of benzene rings is 2. The van der Waals surface area contributed by atoms with E-state index >= 15 is 8.78 Å². The minimum absolute atomic E-state index is 0.0408. The molecule has 6 heterocycles. The van der Waals surface area contributed by atoms with Gasteiger partial charge in [0.15, 0.2) is 5.82 Å². The van der Waals surface area contributed by atoms with Crippen LogP contribution in [0.3, 0.4) is 0 Å². The summed E-state index contributed by atoms with van der Waals surface area (Å²) in [4.78, 5) is 16.4. The highest BCUT2D eigenvalue weighted by Gasteiger charge is 2.45. The first kappa shape index (κ1) is 25.3. The van der Waals surface area contributed by atoms with Crippen molar-refractivity contribution >= 4 is 27.6 Å². The van der Waals surface area contributed by atoms with Gasteiger partial charge >= 0.3 is 6.01 Å². The van der Waals surface area contributed by atoms with Crippen molar-refractivity contribution in [3.63, 3.8) is 0 Å². The van der Waals surface area contributed by atoms with Crippen molar-refractivity contribution in [2.24, 2.45) is 0 Å². The van der Waals surface area contributed by atoms with E-state index in [0.29, 0.717) is 25.5 Å². The first-order valence-corrected chi connectivity index (χ1v) is 14.4. The van der Waals surface area contributed by atoms with Crippen molar-refractivity contribution in [3.05, 3.63) is 47.7 Å². The topological polar surface area (TPSA) is 69.3 Å². The molecule has 0 aliphatic carbocycles. The van der Waals surface area contributed by atoms with Gasteiger partial charge in [0.2, 0.25) is 0 Å². The summed E-state index contributed by atoms with van der Waals surface area (Å²) in [5.74, 6) is -2.93. The largest absolute Gasteiger partial charge is 0.461 e. The summed E-state index contributed by atoms with van der Waals surface area (Å²) in [6.45, 7) is 3.77. The fourth-order valence-electron chi connectivity index (χ4n) is 7.71. The SMILES string of the molecule is Fc1cc2c(N3CC4CCC(C3)N4)nc(OCC34CCCN3CCC4)nc2c(F)c1-c1c[nH]c2c(F)ccc(F)c12. The Labute approximate surface area is 233 Å². The number of rotatable bonds is 5. The number of aromatic amines is 1. The van der Waals surface area contributed by atoms with E-state index in [0.717, 1.165) is 63.7 Å². The second-order valence-electron chi connectivity index (χ2n) is 12.0. The van der Waals surface area contributed by atoms with Crippen molar-refractivity contribution in [2.75, 3.05) is 37.7 Å². The highest BCUT2D eigenvalue weighted by Crippen LogP contribution is 2.42. The lowest BCUT2D eigenvalue weighted by molar-refractivity contribution is 0.108. The fraction of sp³-hybridized carbons (Fsp3) is 0.467. The van der Waals surface area contributed by atoms with Gasteiger partial charge in [-0.25, -0.2) is 17.6 Å². The maximum atomic E-state index is 16.4. The van der Waals surface area contributed by atoms with E-state index in [2.05, 4.69) is 25.1 Å². The molecule has 2 atom stereocenters. The summed E-state index contributed by atoms with van der Waals surface area (Å²) in [5.41, 5.74) is -0.904. The predicted octanol–water partition coefficient (Wildman–Crippen LogP) is 5.28. The first-order valence-electron chi connectivity index (χ1n) is 14.4. The zero-order valence-corrected chi connectivity index (χ0v) is 22.5. The van der Waals surface area contributed by atoms with Crippen LogP contribution in [0.1, 0.15) is 38.5 Å². The van der Waals surface area contributed by atoms with Crippen LogP contribution in [0, 0.1) is 23.3 Å². The molecule has 0 saturated carbocycles. The number of H-pyrrole nitrogens is 1. The third-order valence-corrected chi connectivity index (χ3v) is 9.64. The molecule has 41 heavy (non-hydrogen) atoms. The third kappa shape index (κ3) is 3.92. The first-order chi connectivity index (χ1) is 19.9. The summed E-state index contributed by atoms with van der Waals surface area (Å²) < 4.78 is 67.7. The van der Waals surface area contributed by atoms with Gasteiger partial charge in [-0.15, -0.1) is 0 Å². The van der Waals surface area contributed by atoms with Gasteiger partial charge in [-0.1, -0.05) is 0 Å². The second-order valence-corrected chi connectivity index (χ2v) is 12.0. The highest BCUT2D eigenvalue weighted by atomic mass is 19.1. The molecule has 4 fully saturated rings. The van der Waals surface area contributed by atoms with Crippen molar-refractivity contribution < 1.29 is 22.3 Å². The van der Waals surface area contributed by atoms with Crippen LogP contribution in [0.2, 0.25) is 0 Å². The molecule has 2 unspecified atom stereocenters. The predicted molar refractivity (Wildman–Crippen MR) is 147 cm³/mol. The van der Waals surface area contributed by atoms with Gasteiger partial charge < -0.3 is 19.9 Å². The van der Waals surface area contributed by atoms with Crippen molar-refractivity contribution in [2.45, 2.75) is 56.1 Å². The van der Waals surface area contributed by atoms with Crippen LogP contribution >= 0.6 is 0 Å². The molecule has 2 aromatic carbocycles. The number of fused-ring (bicyclic) bond motifs is 5. The zero-order valence-electron chi connectivity index (χ0n) is 22.5. The molecule has 4 aliphatic heterocycles. The van der Waals surface area contributed by atoms with E-state index in [1.807, 2.05) is 0 Å². The average Bonchev–Trinajstić information content (AvgIpc) is 3.73. The Kier molecular flexibility index (Phi) is 5.73. The number of hydrogen-bond acceptors (Lipinski definition) is 6. The standard InChI is InChI=1S/C30H30F4N6O/c31-20-5-6-21(32)27-24(20)19(12-35-27)23-22(33)11-18-26(25(23)34)37-29(41-15-30-7-1-9-40(30)10-2-8-30)38-28(18)39-13-16-3-4-17(14-39)36-16/h5-6,11-12,16-17,35-36H,1-4,7-10,13-15H2. The van der Waals surface area contributed by atoms with Crippen LogP contribution in [0.4, 0.5) is 23.4 Å². The van der Waals surface area contributed by atoms with Crippen molar-refractivity contribution in [1.29, 1.82) is 0 Å². The molecule has 2 bridgehead atoms. The molecule has 214 valence electrons. The van der Waals surface area contributed by atoms with E-state index in [1.165, 1.54) is 12.3 Å². The molecule has 2 aromatic heterocycles. The summed E-state index contributed by atoms with van der Waals surface area (Å²) in [6.07, 6.45) is 7.56. The highest BCUT2D eigenvalue weighted by molar-refractivity contribution is 6.00. The Morgan fingerprint density at radius 2 is 1.68 bits per heavy atom. The maximum absolute atomic E-state index is 16.4. The molecule has 4 saturated heterocycles. The minimum atomic E-state index is -0.960. The zero-order chi connectivity index (χ0) is 27.9. The van der Waals surface area contributed by atoms with Crippen LogP contribution in [0.15, 0.2) is 24.4 Å². The molecule has 4 aliphatic rings. The Morgan fingerprint density at radius 3 is 2.44 bits per heavy atom. The lowest BCUT2D eigenvalue weighted by Crippen LogP contribution is -2.51. The molecule has 2 N–H and O–H groups in total. The van der Waals surface area contributed by atoms with Crippen molar-refractivity contribution in [1.82, 2.24) is 25.2 Å². The Bertz CT molecular complexity index is 1670. The average molecular weight is 567 g/mol. The number of aromatic nitrogens is 3. The number of ether oxygens (including phenoxy) is 1. The Hall–Kier alpha value is -3.44. The molecule has 0 radical (unpaired) electrons. The smallest absolute Gasteiger partial charge is 0.319 e. The van der Waals surface area contributed by atoms with Gasteiger partial charge in [-0.2, -0.15) is 9.97 Å². The molecule has 4 aromatic rings. The maximum Gasteiger partial charge on any atom is 0.319 e. The van der Waals surface area contributed by atoms with Gasteiger partial charge in [0, 0.05) is 47.7 Å². The quantitative estimate of drug-likeness (QED) is 0.321. The summed E-state index contributed by atoms with van der Waals surface area (Å²) in [5, 5.41) is 3.59. The van der Waals surface area contributed by atoms with Crippen LogP contribution in [0.5, 0.6) is 6.01 Å². The van der Waals surface area contributed by atoms with Gasteiger partial charge in [0.1, 0.15) is 35.4 Å². The molecular formula is C30H30F4N6O. The fourth-order valence-corrected chi connectivity index (χ4v) is 7.71. The number of hydrogen-bond donors (Lipinski definition) is 2. The van der Waals surface area contributed by atoms with Gasteiger partial charge in [0.25, 0.3) is 0 Å².